The number of carbonyl (C=O) groups is 1. The Balaban J connectivity index is 2.22. The molecule has 1 amide bonds. The molecule has 2 N–H and O–H groups in total. The van der Waals surface area contributed by atoms with E-state index in [2.05, 4.69) is 17.6 Å². The third kappa shape index (κ3) is 5.41. The molecule has 0 saturated carbocycles. The molecule has 26 heavy (non-hydrogen) atoms. The molecule has 0 fully saturated rings. The number of methoxy groups -OCH3 is 2. The number of ether oxygens (including phenoxy) is 2. The van der Waals surface area contributed by atoms with Crippen LogP contribution in [0.15, 0.2) is 48.5 Å². The van der Waals surface area contributed by atoms with Gasteiger partial charge in [0.2, 0.25) is 5.91 Å². The summed E-state index contributed by atoms with van der Waals surface area (Å²) < 4.78 is 10.4. The van der Waals surface area contributed by atoms with Crippen molar-refractivity contribution in [3.05, 3.63) is 54.1 Å². The van der Waals surface area contributed by atoms with Crippen LogP contribution >= 0.6 is 0 Å². The maximum Gasteiger partial charge on any atom is 0.247 e. The van der Waals surface area contributed by atoms with Gasteiger partial charge in [0.25, 0.3) is 0 Å². The molecular formula is C21H28N2O3. The molecule has 0 aromatic heterocycles. The SMILES string of the molecule is CCCC(C)NC(=O)C(Nc1ccc(OC)cc1)c1ccc(OC)cc1. The van der Waals surface area contributed by atoms with Crippen LogP contribution in [0, 0.1) is 0 Å². The predicted octanol–water partition coefficient (Wildman–Crippen LogP) is 4.16. The van der Waals surface area contributed by atoms with Crippen molar-refractivity contribution < 1.29 is 14.3 Å². The van der Waals surface area contributed by atoms with Gasteiger partial charge in [0, 0.05) is 11.7 Å². The van der Waals surface area contributed by atoms with Gasteiger partial charge in [0.1, 0.15) is 17.5 Å². The third-order valence-corrected chi connectivity index (χ3v) is 4.22. The molecule has 2 rings (SSSR count). The quantitative estimate of drug-likeness (QED) is 0.708. The van der Waals surface area contributed by atoms with Crippen LogP contribution < -0.4 is 20.1 Å². The summed E-state index contributed by atoms with van der Waals surface area (Å²) in [6.45, 7) is 4.14. The Morgan fingerprint density at radius 1 is 0.962 bits per heavy atom. The molecule has 2 atom stereocenters. The first-order chi connectivity index (χ1) is 12.6. The minimum Gasteiger partial charge on any atom is -0.497 e. The molecule has 0 aliphatic carbocycles. The van der Waals surface area contributed by atoms with Crippen LogP contribution in [-0.4, -0.2) is 26.2 Å². The first-order valence-corrected chi connectivity index (χ1v) is 8.92. The highest BCUT2D eigenvalue weighted by molar-refractivity contribution is 5.86. The molecule has 2 unspecified atom stereocenters. The highest BCUT2D eigenvalue weighted by Gasteiger charge is 2.22. The molecule has 5 heteroatoms. The monoisotopic (exact) mass is 356 g/mol. The predicted molar refractivity (Wildman–Crippen MR) is 105 cm³/mol. The zero-order valence-electron chi connectivity index (χ0n) is 15.9. The van der Waals surface area contributed by atoms with Gasteiger partial charge in [0.15, 0.2) is 0 Å². The van der Waals surface area contributed by atoms with Crippen LogP contribution in [0.4, 0.5) is 5.69 Å². The van der Waals surface area contributed by atoms with Gasteiger partial charge in [-0.2, -0.15) is 0 Å². The molecule has 0 spiro atoms. The van der Waals surface area contributed by atoms with E-state index in [0.29, 0.717) is 0 Å². The third-order valence-electron chi connectivity index (χ3n) is 4.22. The topological polar surface area (TPSA) is 59.6 Å². The van der Waals surface area contributed by atoms with Crippen molar-refractivity contribution in [2.24, 2.45) is 0 Å². The number of anilines is 1. The minimum atomic E-state index is -0.492. The Morgan fingerprint density at radius 3 is 2.00 bits per heavy atom. The van der Waals surface area contributed by atoms with E-state index in [1.807, 2.05) is 55.5 Å². The summed E-state index contributed by atoms with van der Waals surface area (Å²) in [5, 5.41) is 6.42. The van der Waals surface area contributed by atoms with Gasteiger partial charge in [-0.25, -0.2) is 0 Å². The molecule has 2 aromatic rings. The van der Waals surface area contributed by atoms with E-state index in [-0.39, 0.29) is 11.9 Å². The number of benzene rings is 2. The van der Waals surface area contributed by atoms with Crippen molar-refractivity contribution in [1.82, 2.24) is 5.32 Å². The summed E-state index contributed by atoms with van der Waals surface area (Å²) >= 11 is 0. The highest BCUT2D eigenvalue weighted by atomic mass is 16.5. The van der Waals surface area contributed by atoms with Crippen LogP contribution in [0.2, 0.25) is 0 Å². The maximum atomic E-state index is 12.9. The Bertz CT molecular complexity index is 683. The van der Waals surface area contributed by atoms with Gasteiger partial charge in [-0.3, -0.25) is 4.79 Å². The molecule has 0 saturated heterocycles. The Hall–Kier alpha value is -2.69. The smallest absolute Gasteiger partial charge is 0.247 e. The van der Waals surface area contributed by atoms with Crippen molar-refractivity contribution in [3.8, 4) is 11.5 Å². The largest absolute Gasteiger partial charge is 0.497 e. The standard InChI is InChI=1S/C21H28N2O3/c1-5-6-15(2)22-21(24)20(16-7-11-18(25-3)12-8-16)23-17-9-13-19(26-4)14-10-17/h7-15,20,23H,5-6H2,1-4H3,(H,22,24). The number of nitrogens with one attached hydrogen (secondary N) is 2. The Kier molecular flexibility index (Phi) is 7.33. The number of amides is 1. The fraction of sp³-hybridized carbons (Fsp3) is 0.381. The number of carbonyl (C=O) groups excluding carboxylic acids is 1. The number of hydrogen-bond acceptors (Lipinski definition) is 4. The van der Waals surface area contributed by atoms with Crippen LogP contribution in [0.25, 0.3) is 0 Å². The van der Waals surface area contributed by atoms with Crippen LogP contribution in [-0.2, 0) is 4.79 Å². The van der Waals surface area contributed by atoms with Gasteiger partial charge in [-0.1, -0.05) is 25.5 Å². The second-order valence-corrected chi connectivity index (χ2v) is 6.28. The second kappa shape index (κ2) is 9.70. The Labute approximate surface area is 155 Å². The summed E-state index contributed by atoms with van der Waals surface area (Å²) in [6, 6.07) is 14.7. The molecule has 0 heterocycles. The Morgan fingerprint density at radius 2 is 1.50 bits per heavy atom. The van der Waals surface area contributed by atoms with E-state index in [1.165, 1.54) is 0 Å². The average molecular weight is 356 g/mol. The van der Waals surface area contributed by atoms with Crippen molar-refractivity contribution in [3.63, 3.8) is 0 Å². The molecule has 0 aliphatic heterocycles. The average Bonchev–Trinajstić information content (AvgIpc) is 2.66. The van der Waals surface area contributed by atoms with Crippen LogP contribution in [0.1, 0.15) is 38.3 Å². The van der Waals surface area contributed by atoms with Crippen molar-refractivity contribution in [1.29, 1.82) is 0 Å². The van der Waals surface area contributed by atoms with Crippen molar-refractivity contribution >= 4 is 11.6 Å². The van der Waals surface area contributed by atoms with Crippen molar-refractivity contribution in [2.45, 2.75) is 38.8 Å². The van der Waals surface area contributed by atoms with Crippen LogP contribution in [0.5, 0.6) is 11.5 Å². The van der Waals surface area contributed by atoms with Crippen LogP contribution in [0.3, 0.4) is 0 Å². The zero-order chi connectivity index (χ0) is 18.9. The van der Waals surface area contributed by atoms with E-state index in [1.54, 1.807) is 14.2 Å². The lowest BCUT2D eigenvalue weighted by Gasteiger charge is -2.23. The summed E-state index contributed by atoms with van der Waals surface area (Å²) in [6.07, 6.45) is 1.98. The van der Waals surface area contributed by atoms with E-state index < -0.39 is 6.04 Å². The van der Waals surface area contributed by atoms with E-state index in [9.17, 15) is 4.79 Å². The molecule has 0 aliphatic rings. The number of rotatable bonds is 9. The lowest BCUT2D eigenvalue weighted by molar-refractivity contribution is -0.122. The maximum absolute atomic E-state index is 12.9. The number of hydrogen-bond donors (Lipinski definition) is 2. The fourth-order valence-electron chi connectivity index (χ4n) is 2.78. The molecule has 0 radical (unpaired) electrons. The van der Waals surface area contributed by atoms with Gasteiger partial charge >= 0.3 is 0 Å². The van der Waals surface area contributed by atoms with E-state index >= 15 is 0 Å². The molecule has 5 nitrogen and oxygen atoms in total. The summed E-state index contributed by atoms with van der Waals surface area (Å²) in [4.78, 5) is 12.9. The summed E-state index contributed by atoms with van der Waals surface area (Å²) in [5.74, 6) is 1.49. The van der Waals surface area contributed by atoms with Gasteiger partial charge in [-0.15, -0.1) is 0 Å². The summed E-state index contributed by atoms with van der Waals surface area (Å²) in [5.41, 5.74) is 1.73. The minimum absolute atomic E-state index is 0.0491. The van der Waals surface area contributed by atoms with Crippen molar-refractivity contribution in [2.75, 3.05) is 19.5 Å². The lowest BCUT2D eigenvalue weighted by Crippen LogP contribution is -2.38. The van der Waals surface area contributed by atoms with Gasteiger partial charge in [0.05, 0.1) is 14.2 Å². The zero-order valence-corrected chi connectivity index (χ0v) is 15.9. The highest BCUT2D eigenvalue weighted by Crippen LogP contribution is 2.24. The first-order valence-electron chi connectivity index (χ1n) is 8.92. The molecule has 0 bridgehead atoms. The van der Waals surface area contributed by atoms with E-state index in [4.69, 9.17) is 9.47 Å². The first kappa shape index (κ1) is 19.6. The lowest BCUT2D eigenvalue weighted by atomic mass is 10.0. The molecule has 140 valence electrons. The normalized spacial score (nSPS) is 12.8. The second-order valence-electron chi connectivity index (χ2n) is 6.28. The molecular weight excluding hydrogens is 328 g/mol. The van der Waals surface area contributed by atoms with Gasteiger partial charge < -0.3 is 20.1 Å². The van der Waals surface area contributed by atoms with E-state index in [0.717, 1.165) is 35.6 Å². The fourth-order valence-corrected chi connectivity index (χ4v) is 2.78. The molecule has 2 aromatic carbocycles. The van der Waals surface area contributed by atoms with Gasteiger partial charge in [-0.05, 0) is 55.3 Å². The summed E-state index contributed by atoms with van der Waals surface area (Å²) in [7, 11) is 3.26.